The molecule has 0 heterocycles. The number of unbranched alkanes of at least 4 members (excludes halogenated alkanes) is 1. The molecule has 0 saturated heterocycles. The van der Waals surface area contributed by atoms with Crippen molar-refractivity contribution < 1.29 is 4.74 Å². The van der Waals surface area contributed by atoms with E-state index in [0.29, 0.717) is 5.41 Å². The van der Waals surface area contributed by atoms with Crippen LogP contribution in [0.4, 0.5) is 0 Å². The molecule has 0 fully saturated rings. The number of rotatable bonds is 5. The van der Waals surface area contributed by atoms with Gasteiger partial charge in [0.1, 0.15) is 0 Å². The Balaban J connectivity index is 3.02. The van der Waals surface area contributed by atoms with Gasteiger partial charge < -0.3 is 4.74 Å². The molecular formula is C10H22O. The fraction of sp³-hybridized carbons (Fsp3) is 1.00. The van der Waals surface area contributed by atoms with E-state index in [1.165, 1.54) is 19.3 Å². The third-order valence-electron chi connectivity index (χ3n) is 1.67. The largest absolute Gasteiger partial charge is 0.382 e. The van der Waals surface area contributed by atoms with Gasteiger partial charge in [-0.2, -0.15) is 0 Å². The Hall–Kier alpha value is -0.0400. The summed E-state index contributed by atoms with van der Waals surface area (Å²) >= 11 is 0. The molecule has 0 amide bonds. The zero-order valence-corrected chi connectivity index (χ0v) is 8.44. The quantitative estimate of drug-likeness (QED) is 0.558. The van der Waals surface area contributed by atoms with Crippen molar-refractivity contribution >= 4 is 0 Å². The lowest BCUT2D eigenvalue weighted by Crippen LogP contribution is -2.05. The Morgan fingerprint density at radius 2 is 1.73 bits per heavy atom. The molecule has 0 rings (SSSR count). The molecule has 68 valence electrons. The topological polar surface area (TPSA) is 9.23 Å². The van der Waals surface area contributed by atoms with Crippen LogP contribution in [0.3, 0.4) is 0 Å². The highest BCUT2D eigenvalue weighted by Gasteiger charge is 2.08. The predicted octanol–water partition coefficient (Wildman–Crippen LogP) is 3.24. The maximum absolute atomic E-state index is 5.25. The Morgan fingerprint density at radius 1 is 1.09 bits per heavy atom. The van der Waals surface area contributed by atoms with Crippen molar-refractivity contribution in [1.29, 1.82) is 0 Å². The first-order chi connectivity index (χ1) is 5.06. The summed E-state index contributed by atoms with van der Waals surface area (Å²) in [5.74, 6) is 0. The van der Waals surface area contributed by atoms with Crippen molar-refractivity contribution in [1.82, 2.24) is 0 Å². The van der Waals surface area contributed by atoms with Gasteiger partial charge in [0.15, 0.2) is 0 Å². The Morgan fingerprint density at radius 3 is 2.18 bits per heavy atom. The standard InChI is InChI=1S/C10H22O/c1-5-11-9-7-6-8-10(2,3)4/h5-9H2,1-4H3. The SMILES string of the molecule is CCOCCCCC(C)(C)C. The molecule has 0 radical (unpaired) electrons. The number of hydrogen-bond donors (Lipinski definition) is 0. The lowest BCUT2D eigenvalue weighted by atomic mass is 9.90. The number of hydrogen-bond acceptors (Lipinski definition) is 1. The van der Waals surface area contributed by atoms with Crippen LogP contribution in [0.1, 0.15) is 47.0 Å². The second-order valence-corrected chi connectivity index (χ2v) is 4.21. The van der Waals surface area contributed by atoms with Crippen LogP contribution in [0.5, 0.6) is 0 Å². The fourth-order valence-electron chi connectivity index (χ4n) is 1.00. The Kier molecular flexibility index (Phi) is 5.57. The van der Waals surface area contributed by atoms with E-state index in [2.05, 4.69) is 20.8 Å². The Labute approximate surface area is 71.1 Å². The van der Waals surface area contributed by atoms with Crippen LogP contribution in [0.2, 0.25) is 0 Å². The van der Waals surface area contributed by atoms with Crippen molar-refractivity contribution in [2.75, 3.05) is 13.2 Å². The predicted molar refractivity (Wildman–Crippen MR) is 49.8 cm³/mol. The van der Waals surface area contributed by atoms with Crippen molar-refractivity contribution in [2.24, 2.45) is 5.41 Å². The average Bonchev–Trinajstić information content (AvgIpc) is 1.85. The summed E-state index contributed by atoms with van der Waals surface area (Å²) in [6.07, 6.45) is 3.81. The summed E-state index contributed by atoms with van der Waals surface area (Å²) in [7, 11) is 0. The lowest BCUT2D eigenvalue weighted by molar-refractivity contribution is 0.140. The summed E-state index contributed by atoms with van der Waals surface area (Å²) in [6, 6.07) is 0. The Bertz CT molecular complexity index is 81.4. The van der Waals surface area contributed by atoms with Crippen LogP contribution >= 0.6 is 0 Å². The molecule has 0 aromatic rings. The van der Waals surface area contributed by atoms with Crippen molar-refractivity contribution in [3.63, 3.8) is 0 Å². The first-order valence-electron chi connectivity index (χ1n) is 4.64. The molecule has 11 heavy (non-hydrogen) atoms. The number of ether oxygens (including phenoxy) is 1. The van der Waals surface area contributed by atoms with Gasteiger partial charge in [-0.25, -0.2) is 0 Å². The third-order valence-corrected chi connectivity index (χ3v) is 1.67. The normalized spacial score (nSPS) is 12.0. The first kappa shape index (κ1) is 11.0. The molecule has 0 N–H and O–H groups in total. The molecule has 1 heteroatoms. The summed E-state index contributed by atoms with van der Waals surface area (Å²) in [4.78, 5) is 0. The van der Waals surface area contributed by atoms with E-state index in [1.807, 2.05) is 6.92 Å². The van der Waals surface area contributed by atoms with Crippen LogP contribution in [-0.2, 0) is 4.74 Å². The molecule has 0 aliphatic carbocycles. The maximum Gasteiger partial charge on any atom is 0.0465 e. The second-order valence-electron chi connectivity index (χ2n) is 4.21. The van der Waals surface area contributed by atoms with Gasteiger partial charge in [0.25, 0.3) is 0 Å². The smallest absolute Gasteiger partial charge is 0.0465 e. The van der Waals surface area contributed by atoms with Crippen LogP contribution in [0, 0.1) is 5.41 Å². The van der Waals surface area contributed by atoms with Crippen LogP contribution in [0.25, 0.3) is 0 Å². The van der Waals surface area contributed by atoms with E-state index >= 15 is 0 Å². The minimum absolute atomic E-state index is 0.492. The van der Waals surface area contributed by atoms with Gasteiger partial charge in [-0.15, -0.1) is 0 Å². The van der Waals surface area contributed by atoms with Gasteiger partial charge in [0, 0.05) is 13.2 Å². The molecular weight excluding hydrogens is 136 g/mol. The summed E-state index contributed by atoms with van der Waals surface area (Å²) in [5, 5.41) is 0. The van der Waals surface area contributed by atoms with Crippen LogP contribution < -0.4 is 0 Å². The molecule has 0 aliphatic rings. The minimum Gasteiger partial charge on any atom is -0.382 e. The van der Waals surface area contributed by atoms with Gasteiger partial charge >= 0.3 is 0 Å². The van der Waals surface area contributed by atoms with Crippen molar-refractivity contribution in [3.8, 4) is 0 Å². The molecule has 0 aromatic heterocycles. The lowest BCUT2D eigenvalue weighted by Gasteiger charge is -2.17. The average molecular weight is 158 g/mol. The summed E-state index contributed by atoms with van der Waals surface area (Å²) in [5.41, 5.74) is 0.492. The van der Waals surface area contributed by atoms with Gasteiger partial charge in [0.2, 0.25) is 0 Å². The highest BCUT2D eigenvalue weighted by Crippen LogP contribution is 2.21. The van der Waals surface area contributed by atoms with E-state index in [4.69, 9.17) is 4.74 Å². The second kappa shape index (κ2) is 5.59. The van der Waals surface area contributed by atoms with E-state index in [1.54, 1.807) is 0 Å². The minimum atomic E-state index is 0.492. The van der Waals surface area contributed by atoms with E-state index in [9.17, 15) is 0 Å². The van der Waals surface area contributed by atoms with Gasteiger partial charge in [-0.1, -0.05) is 27.2 Å². The molecule has 0 atom stereocenters. The summed E-state index contributed by atoms with van der Waals surface area (Å²) < 4.78 is 5.25. The fourth-order valence-corrected chi connectivity index (χ4v) is 1.00. The highest BCUT2D eigenvalue weighted by atomic mass is 16.5. The molecule has 1 nitrogen and oxygen atoms in total. The van der Waals surface area contributed by atoms with E-state index < -0.39 is 0 Å². The van der Waals surface area contributed by atoms with Crippen LogP contribution in [0.15, 0.2) is 0 Å². The molecule has 0 unspecified atom stereocenters. The molecule has 0 aliphatic heterocycles. The molecule has 0 aromatic carbocycles. The van der Waals surface area contributed by atoms with Crippen molar-refractivity contribution in [2.45, 2.75) is 47.0 Å². The molecule has 0 bridgehead atoms. The van der Waals surface area contributed by atoms with E-state index in [0.717, 1.165) is 13.2 Å². The van der Waals surface area contributed by atoms with Gasteiger partial charge in [-0.05, 0) is 25.2 Å². The maximum atomic E-state index is 5.25. The van der Waals surface area contributed by atoms with Crippen molar-refractivity contribution in [3.05, 3.63) is 0 Å². The zero-order chi connectivity index (χ0) is 8.74. The summed E-state index contributed by atoms with van der Waals surface area (Å²) in [6.45, 7) is 10.7. The van der Waals surface area contributed by atoms with E-state index in [-0.39, 0.29) is 0 Å². The van der Waals surface area contributed by atoms with Crippen LogP contribution in [-0.4, -0.2) is 13.2 Å². The zero-order valence-electron chi connectivity index (χ0n) is 8.44. The highest BCUT2D eigenvalue weighted by molar-refractivity contribution is 4.60. The monoisotopic (exact) mass is 158 g/mol. The van der Waals surface area contributed by atoms with Gasteiger partial charge in [0.05, 0.1) is 0 Å². The molecule has 0 spiro atoms. The molecule has 0 saturated carbocycles. The first-order valence-corrected chi connectivity index (χ1v) is 4.64. The van der Waals surface area contributed by atoms with Gasteiger partial charge in [-0.3, -0.25) is 0 Å². The third kappa shape index (κ3) is 9.96.